The van der Waals surface area contributed by atoms with Gasteiger partial charge in [0.2, 0.25) is 5.91 Å². The summed E-state index contributed by atoms with van der Waals surface area (Å²) < 4.78 is 81.7. The number of hydrogen-bond acceptors (Lipinski definition) is 5. The van der Waals surface area contributed by atoms with Crippen molar-refractivity contribution >= 4 is 28.0 Å². The summed E-state index contributed by atoms with van der Waals surface area (Å²) in [6.07, 6.45) is -6.85. The number of halogens is 6. The first-order chi connectivity index (χ1) is 15.8. The van der Waals surface area contributed by atoms with Crippen molar-refractivity contribution in [2.75, 3.05) is 5.32 Å². The number of benzene rings is 1. The Hall–Kier alpha value is -3.97. The van der Waals surface area contributed by atoms with Gasteiger partial charge in [-0.25, -0.2) is 4.68 Å². The summed E-state index contributed by atoms with van der Waals surface area (Å²) in [5.41, 5.74) is -2.26. The van der Waals surface area contributed by atoms with Gasteiger partial charge in [0.15, 0.2) is 5.65 Å². The number of carbonyl (C=O) groups is 1. The Kier molecular flexibility index (Phi) is 5.53. The summed E-state index contributed by atoms with van der Waals surface area (Å²) in [6, 6.07) is 4.87. The van der Waals surface area contributed by atoms with Gasteiger partial charge in [0.05, 0.1) is 28.2 Å². The highest BCUT2D eigenvalue weighted by molar-refractivity contribution is 5.91. The quantitative estimate of drug-likeness (QED) is 0.446. The molecule has 0 fully saturated rings. The molecule has 1 N–H and O–H groups in total. The van der Waals surface area contributed by atoms with E-state index in [2.05, 4.69) is 20.6 Å². The smallest absolute Gasteiger partial charge is 0.323 e. The minimum absolute atomic E-state index is 0.282. The molecule has 1 atom stereocenters. The van der Waals surface area contributed by atoms with Crippen LogP contribution in [-0.2, 0) is 17.5 Å². The minimum atomic E-state index is -4.85. The number of anilines is 1. The maximum atomic E-state index is 13.4. The van der Waals surface area contributed by atoms with E-state index >= 15 is 0 Å². The van der Waals surface area contributed by atoms with Crippen molar-refractivity contribution in [1.29, 1.82) is 0 Å². The van der Waals surface area contributed by atoms with Crippen LogP contribution in [0.5, 0.6) is 0 Å². The van der Waals surface area contributed by atoms with Gasteiger partial charge in [0.25, 0.3) is 5.56 Å². The van der Waals surface area contributed by atoms with Crippen LogP contribution in [0.2, 0.25) is 0 Å². The Bertz CT molecular complexity index is 1460. The van der Waals surface area contributed by atoms with Gasteiger partial charge in [-0.15, -0.1) is 10.2 Å². The third-order valence-corrected chi connectivity index (χ3v) is 5.09. The molecule has 4 rings (SSSR count). The molecule has 1 unspecified atom stereocenters. The third-order valence-electron chi connectivity index (χ3n) is 5.09. The number of carbonyl (C=O) groups excluding carboxylic acids is 1. The Morgan fingerprint density at radius 3 is 2.50 bits per heavy atom. The van der Waals surface area contributed by atoms with Crippen LogP contribution in [0.3, 0.4) is 0 Å². The number of fused-ring (bicyclic) bond motifs is 2. The molecule has 0 bridgehead atoms. The lowest BCUT2D eigenvalue weighted by molar-refractivity contribution is -0.147. The van der Waals surface area contributed by atoms with Gasteiger partial charge in [0.1, 0.15) is 12.9 Å². The Labute approximate surface area is 185 Å². The van der Waals surface area contributed by atoms with Gasteiger partial charge >= 0.3 is 12.4 Å². The van der Waals surface area contributed by atoms with E-state index < -0.39 is 58.3 Å². The van der Waals surface area contributed by atoms with Crippen LogP contribution < -0.4 is 10.9 Å². The average molecular weight is 484 g/mol. The lowest BCUT2D eigenvalue weighted by Gasteiger charge is -2.19. The molecule has 3 heterocycles. The molecular weight excluding hydrogens is 470 g/mol. The summed E-state index contributed by atoms with van der Waals surface area (Å²) in [7, 11) is 0. The molecule has 4 aromatic rings. The Morgan fingerprint density at radius 2 is 1.82 bits per heavy atom. The van der Waals surface area contributed by atoms with Gasteiger partial charge in [-0.1, -0.05) is 0 Å². The molecule has 0 aliphatic carbocycles. The molecule has 0 aliphatic heterocycles. The molecular formula is C20H14F6N6O2. The zero-order valence-corrected chi connectivity index (χ0v) is 17.1. The second-order valence-electron chi connectivity index (χ2n) is 7.43. The topological polar surface area (TPSA) is 94.2 Å². The highest BCUT2D eigenvalue weighted by Gasteiger charge is 2.40. The van der Waals surface area contributed by atoms with Gasteiger partial charge < -0.3 is 5.32 Å². The predicted molar refractivity (Wildman–Crippen MR) is 107 cm³/mol. The highest BCUT2D eigenvalue weighted by Crippen LogP contribution is 2.38. The van der Waals surface area contributed by atoms with Crippen LogP contribution in [0.1, 0.15) is 24.1 Å². The lowest BCUT2D eigenvalue weighted by atomic mass is 9.99. The van der Waals surface area contributed by atoms with Gasteiger partial charge in [0, 0.05) is 11.6 Å². The van der Waals surface area contributed by atoms with Crippen LogP contribution in [0.4, 0.5) is 32.0 Å². The second-order valence-corrected chi connectivity index (χ2v) is 7.43. The molecule has 3 aromatic heterocycles. The SMILES string of the molecule is CC(c1nn(CC(=O)Nc2ccc3nncn3c2)c(=O)c2ccc(C(F)(F)F)cc12)C(F)(F)F. The van der Waals surface area contributed by atoms with Crippen LogP contribution in [0.15, 0.2) is 47.7 Å². The van der Waals surface area contributed by atoms with Crippen LogP contribution >= 0.6 is 0 Å². The van der Waals surface area contributed by atoms with Crippen molar-refractivity contribution in [1.82, 2.24) is 24.4 Å². The average Bonchev–Trinajstić information content (AvgIpc) is 3.21. The summed E-state index contributed by atoms with van der Waals surface area (Å²) >= 11 is 0. The number of amides is 1. The van der Waals surface area contributed by atoms with Gasteiger partial charge in [-0.05, 0) is 37.3 Å². The number of rotatable bonds is 4. The van der Waals surface area contributed by atoms with E-state index in [0.29, 0.717) is 29.4 Å². The van der Waals surface area contributed by atoms with E-state index in [1.54, 1.807) is 6.07 Å². The fourth-order valence-electron chi connectivity index (χ4n) is 3.31. The Morgan fingerprint density at radius 1 is 1.09 bits per heavy atom. The second kappa shape index (κ2) is 8.11. The van der Waals surface area contributed by atoms with E-state index in [-0.39, 0.29) is 5.69 Å². The molecule has 1 amide bonds. The van der Waals surface area contributed by atoms with Crippen molar-refractivity contribution < 1.29 is 31.1 Å². The zero-order chi connectivity index (χ0) is 24.8. The van der Waals surface area contributed by atoms with Crippen molar-refractivity contribution in [3.05, 3.63) is 64.5 Å². The monoisotopic (exact) mass is 484 g/mol. The molecule has 0 saturated heterocycles. The van der Waals surface area contributed by atoms with Crippen molar-refractivity contribution in [3.8, 4) is 0 Å². The minimum Gasteiger partial charge on any atom is -0.323 e. The number of nitrogens with zero attached hydrogens (tertiary/aromatic N) is 5. The lowest BCUT2D eigenvalue weighted by Crippen LogP contribution is -2.32. The molecule has 8 nitrogen and oxygen atoms in total. The Balaban J connectivity index is 1.75. The van der Waals surface area contributed by atoms with Gasteiger partial charge in [-0.2, -0.15) is 31.4 Å². The van der Waals surface area contributed by atoms with Gasteiger partial charge in [-0.3, -0.25) is 14.0 Å². The normalized spacial score (nSPS) is 13.4. The predicted octanol–water partition coefficient (Wildman–Crippen LogP) is 3.76. The molecule has 14 heteroatoms. The first kappa shape index (κ1) is 23.2. The first-order valence-corrected chi connectivity index (χ1v) is 9.62. The molecule has 34 heavy (non-hydrogen) atoms. The van der Waals surface area contributed by atoms with Crippen molar-refractivity contribution in [2.45, 2.75) is 31.7 Å². The van der Waals surface area contributed by atoms with Crippen LogP contribution in [0.25, 0.3) is 16.4 Å². The fourth-order valence-corrected chi connectivity index (χ4v) is 3.31. The largest absolute Gasteiger partial charge is 0.416 e. The molecule has 0 spiro atoms. The van der Waals surface area contributed by atoms with Crippen molar-refractivity contribution in [2.24, 2.45) is 0 Å². The molecule has 1 aromatic carbocycles. The summed E-state index contributed by atoms with van der Waals surface area (Å²) in [6.45, 7) is -0.0567. The maximum absolute atomic E-state index is 13.4. The number of pyridine rings is 1. The zero-order valence-electron chi connectivity index (χ0n) is 17.1. The molecule has 178 valence electrons. The van der Waals surface area contributed by atoms with E-state index in [4.69, 9.17) is 0 Å². The summed E-state index contributed by atoms with van der Waals surface area (Å²) in [5.74, 6) is -3.09. The first-order valence-electron chi connectivity index (χ1n) is 9.62. The third kappa shape index (κ3) is 4.43. The number of alkyl halides is 6. The number of aromatic nitrogens is 5. The van der Waals surface area contributed by atoms with E-state index in [9.17, 15) is 35.9 Å². The van der Waals surface area contributed by atoms with E-state index in [0.717, 1.165) is 6.07 Å². The molecule has 0 radical (unpaired) electrons. The molecule has 0 saturated carbocycles. The van der Waals surface area contributed by atoms with E-state index in [1.165, 1.54) is 23.0 Å². The van der Waals surface area contributed by atoms with Crippen LogP contribution in [0, 0.1) is 0 Å². The fraction of sp³-hybridized carbons (Fsp3) is 0.250. The summed E-state index contributed by atoms with van der Waals surface area (Å²) in [4.78, 5) is 25.3. The number of hydrogen-bond donors (Lipinski definition) is 1. The van der Waals surface area contributed by atoms with Crippen molar-refractivity contribution in [3.63, 3.8) is 0 Å². The van der Waals surface area contributed by atoms with Crippen LogP contribution in [-0.4, -0.2) is 36.5 Å². The molecule has 0 aliphatic rings. The van der Waals surface area contributed by atoms with E-state index in [1.807, 2.05) is 0 Å². The highest BCUT2D eigenvalue weighted by atomic mass is 19.4. The maximum Gasteiger partial charge on any atom is 0.416 e. The number of nitrogens with one attached hydrogen (secondary N) is 1. The summed E-state index contributed by atoms with van der Waals surface area (Å²) in [5, 5.41) is 12.6. The standard InChI is InChI=1S/C20H14F6N6O2/c1-10(19(21,22)23)17-14-6-11(20(24,25)26)2-4-13(14)18(34)32(30-17)8-16(33)28-12-3-5-15-29-27-9-31(15)7-12/h2-7,9-10H,8H2,1H3,(H,28,33).